The van der Waals surface area contributed by atoms with E-state index < -0.39 is 11.8 Å². The van der Waals surface area contributed by atoms with Gasteiger partial charge in [-0.2, -0.15) is 5.01 Å². The fraction of sp³-hybridized carbons (Fsp3) is 0.0800. The van der Waals surface area contributed by atoms with Crippen molar-refractivity contribution in [1.29, 1.82) is 0 Å². The van der Waals surface area contributed by atoms with Gasteiger partial charge < -0.3 is 9.47 Å². The summed E-state index contributed by atoms with van der Waals surface area (Å²) in [7, 11) is 0. The molecule has 3 aromatic rings. The summed E-state index contributed by atoms with van der Waals surface area (Å²) in [6, 6.07) is 23.2. The molecule has 1 N–H and O–H groups in total. The fourth-order valence-corrected chi connectivity index (χ4v) is 4.28. The number of thioether (sulfide) groups is 1. The lowest BCUT2D eigenvalue weighted by Crippen LogP contribution is -2.44. The summed E-state index contributed by atoms with van der Waals surface area (Å²) in [5.41, 5.74) is 3.72. The Kier molecular flexibility index (Phi) is 7.84. The van der Waals surface area contributed by atoms with Gasteiger partial charge in [-0.05, 0) is 72.4 Å². The quantitative estimate of drug-likeness (QED) is 0.250. The van der Waals surface area contributed by atoms with E-state index in [4.69, 9.17) is 33.3 Å². The molecule has 3 aromatic carbocycles. The average Bonchev–Trinajstić information content (AvgIpc) is 3.11. The second-order valence-electron chi connectivity index (χ2n) is 7.04. The molecule has 0 unspecified atom stereocenters. The zero-order valence-corrected chi connectivity index (χ0v) is 20.2. The molecule has 0 aromatic heterocycles. The number of hydrazine groups is 1. The summed E-state index contributed by atoms with van der Waals surface area (Å²) in [6.45, 7) is 0.830. The molecule has 4 rings (SSSR count). The molecule has 34 heavy (non-hydrogen) atoms. The van der Waals surface area contributed by atoms with Crippen LogP contribution in [0, 0.1) is 0 Å². The number of nitrogens with one attached hydrogen (secondary N) is 1. The molecule has 1 saturated heterocycles. The summed E-state index contributed by atoms with van der Waals surface area (Å²) in [5, 5.41) is 1.59. The van der Waals surface area contributed by atoms with Crippen molar-refractivity contribution in [3.63, 3.8) is 0 Å². The van der Waals surface area contributed by atoms with Crippen molar-refractivity contribution in [3.8, 4) is 11.5 Å². The van der Waals surface area contributed by atoms with Crippen LogP contribution in [0.15, 0.2) is 83.8 Å². The molecule has 1 heterocycles. The number of ether oxygens (including phenoxy) is 2. The largest absolute Gasteiger partial charge is 0.490 e. The van der Waals surface area contributed by atoms with Crippen molar-refractivity contribution >= 4 is 57.8 Å². The first-order valence-corrected chi connectivity index (χ1v) is 11.8. The summed E-state index contributed by atoms with van der Waals surface area (Å²) < 4.78 is 11.6. The minimum atomic E-state index is -0.452. The van der Waals surface area contributed by atoms with E-state index in [0.29, 0.717) is 34.5 Å². The maximum absolute atomic E-state index is 12.8. The second-order valence-corrected chi connectivity index (χ2v) is 9.16. The Labute approximate surface area is 211 Å². The van der Waals surface area contributed by atoms with Gasteiger partial charge in [0.15, 0.2) is 4.32 Å². The van der Waals surface area contributed by atoms with Crippen LogP contribution in [0.3, 0.4) is 0 Å². The van der Waals surface area contributed by atoms with Crippen molar-refractivity contribution in [3.05, 3.63) is 99.9 Å². The Morgan fingerprint density at radius 3 is 2.21 bits per heavy atom. The normalized spacial score (nSPS) is 14.4. The van der Waals surface area contributed by atoms with E-state index in [1.807, 2.05) is 54.6 Å². The summed E-state index contributed by atoms with van der Waals surface area (Å²) in [6.07, 6.45) is 1.72. The molecule has 1 fully saturated rings. The standard InChI is InChI=1S/C25H19ClN2O4S2/c26-19-10-8-18(9-11-19)23(29)27-28-24(30)22(34-25(28)33)16-17-6-12-21(13-7-17)32-15-14-31-20-4-2-1-3-5-20/h1-13,16H,14-15H2,(H,27,29)/b22-16+. The molecule has 0 atom stereocenters. The molecule has 9 heteroatoms. The van der Waals surface area contributed by atoms with Crippen LogP contribution in [0.25, 0.3) is 6.08 Å². The Morgan fingerprint density at radius 1 is 0.941 bits per heavy atom. The van der Waals surface area contributed by atoms with Crippen LogP contribution >= 0.6 is 35.6 Å². The van der Waals surface area contributed by atoms with Gasteiger partial charge in [-0.15, -0.1) is 0 Å². The lowest BCUT2D eigenvalue weighted by molar-refractivity contribution is -0.123. The monoisotopic (exact) mass is 510 g/mol. The minimum absolute atomic E-state index is 0.247. The van der Waals surface area contributed by atoms with Gasteiger partial charge in [0.25, 0.3) is 11.8 Å². The van der Waals surface area contributed by atoms with E-state index in [2.05, 4.69) is 5.43 Å². The predicted molar refractivity (Wildman–Crippen MR) is 138 cm³/mol. The third-order valence-electron chi connectivity index (χ3n) is 4.66. The number of halogens is 1. The van der Waals surface area contributed by atoms with Gasteiger partial charge in [0.1, 0.15) is 24.7 Å². The molecule has 1 aliphatic heterocycles. The molecule has 1 aliphatic rings. The van der Waals surface area contributed by atoms with Crippen LogP contribution in [-0.2, 0) is 4.79 Å². The molecule has 0 saturated carbocycles. The number of para-hydroxylation sites is 1. The number of carbonyl (C=O) groups is 2. The summed E-state index contributed by atoms with van der Waals surface area (Å²) in [5.74, 6) is 0.641. The van der Waals surface area contributed by atoms with Crippen LogP contribution in [0.1, 0.15) is 15.9 Å². The maximum Gasteiger partial charge on any atom is 0.285 e. The predicted octanol–water partition coefficient (Wildman–Crippen LogP) is 5.34. The van der Waals surface area contributed by atoms with E-state index in [-0.39, 0.29) is 4.32 Å². The van der Waals surface area contributed by atoms with Gasteiger partial charge in [-0.1, -0.05) is 53.7 Å². The third-order valence-corrected chi connectivity index (χ3v) is 6.21. The second kappa shape index (κ2) is 11.2. The lowest BCUT2D eigenvalue weighted by Gasteiger charge is -2.15. The lowest BCUT2D eigenvalue weighted by atomic mass is 10.2. The molecule has 0 bridgehead atoms. The van der Waals surface area contributed by atoms with Gasteiger partial charge in [0, 0.05) is 10.6 Å². The summed E-state index contributed by atoms with van der Waals surface area (Å²) in [4.78, 5) is 25.6. The Balaban J connectivity index is 1.31. The van der Waals surface area contributed by atoms with Crippen LogP contribution in [0.4, 0.5) is 0 Å². The summed E-state index contributed by atoms with van der Waals surface area (Å²) >= 11 is 12.2. The molecule has 172 valence electrons. The smallest absolute Gasteiger partial charge is 0.285 e. The van der Waals surface area contributed by atoms with Gasteiger partial charge in [0.2, 0.25) is 0 Å². The van der Waals surface area contributed by atoms with Crippen LogP contribution in [0.2, 0.25) is 5.02 Å². The number of amides is 2. The zero-order valence-electron chi connectivity index (χ0n) is 17.8. The number of carbonyl (C=O) groups excluding carboxylic acids is 2. The SMILES string of the molecule is O=C(NN1C(=O)/C(=C\c2ccc(OCCOc3ccccc3)cc2)SC1=S)c1ccc(Cl)cc1. The molecule has 6 nitrogen and oxygen atoms in total. The number of rotatable bonds is 8. The highest BCUT2D eigenvalue weighted by Gasteiger charge is 2.33. The van der Waals surface area contributed by atoms with E-state index in [9.17, 15) is 9.59 Å². The first kappa shape index (κ1) is 23.8. The topological polar surface area (TPSA) is 67.9 Å². The first-order valence-electron chi connectivity index (χ1n) is 10.2. The van der Waals surface area contributed by atoms with Gasteiger partial charge in [0.05, 0.1) is 4.91 Å². The van der Waals surface area contributed by atoms with Crippen molar-refractivity contribution in [2.45, 2.75) is 0 Å². The van der Waals surface area contributed by atoms with Crippen molar-refractivity contribution in [1.82, 2.24) is 10.4 Å². The highest BCUT2D eigenvalue weighted by atomic mass is 35.5. The number of nitrogens with zero attached hydrogens (tertiary/aromatic N) is 1. The van der Waals surface area contributed by atoms with E-state index in [0.717, 1.165) is 28.1 Å². The first-order chi connectivity index (χ1) is 16.5. The van der Waals surface area contributed by atoms with Crippen molar-refractivity contribution in [2.24, 2.45) is 0 Å². The molecule has 0 aliphatic carbocycles. The Hall–Kier alpha value is -3.33. The van der Waals surface area contributed by atoms with Crippen LogP contribution < -0.4 is 14.9 Å². The molecule has 0 spiro atoms. The van der Waals surface area contributed by atoms with Crippen molar-refractivity contribution < 1.29 is 19.1 Å². The van der Waals surface area contributed by atoms with Gasteiger partial charge in [-0.3, -0.25) is 15.0 Å². The molecular formula is C25H19ClN2O4S2. The number of hydrogen-bond acceptors (Lipinski definition) is 6. The van der Waals surface area contributed by atoms with Crippen LogP contribution in [0.5, 0.6) is 11.5 Å². The Morgan fingerprint density at radius 2 is 1.56 bits per heavy atom. The van der Waals surface area contributed by atoms with Gasteiger partial charge >= 0.3 is 0 Å². The average molecular weight is 511 g/mol. The van der Waals surface area contributed by atoms with E-state index in [1.165, 1.54) is 0 Å². The number of benzene rings is 3. The molecule has 0 radical (unpaired) electrons. The van der Waals surface area contributed by atoms with E-state index >= 15 is 0 Å². The van der Waals surface area contributed by atoms with E-state index in [1.54, 1.807) is 30.3 Å². The molecule has 2 amide bonds. The van der Waals surface area contributed by atoms with Crippen LogP contribution in [-0.4, -0.2) is 34.4 Å². The highest BCUT2D eigenvalue weighted by molar-refractivity contribution is 8.26. The third kappa shape index (κ3) is 6.17. The highest BCUT2D eigenvalue weighted by Crippen LogP contribution is 2.31. The molecular weight excluding hydrogens is 492 g/mol. The minimum Gasteiger partial charge on any atom is -0.490 e. The zero-order chi connectivity index (χ0) is 23.9. The van der Waals surface area contributed by atoms with Crippen molar-refractivity contribution in [2.75, 3.05) is 13.2 Å². The number of thiocarbonyl (C=S) groups is 1. The van der Waals surface area contributed by atoms with Gasteiger partial charge in [-0.25, -0.2) is 0 Å². The fourth-order valence-electron chi connectivity index (χ4n) is 2.98. The Bertz CT molecular complexity index is 1220. The number of hydrogen-bond donors (Lipinski definition) is 1. The maximum atomic E-state index is 12.8.